The van der Waals surface area contributed by atoms with Crippen LogP contribution in [0.3, 0.4) is 0 Å². The van der Waals surface area contributed by atoms with Crippen molar-refractivity contribution in [1.29, 1.82) is 0 Å². The van der Waals surface area contributed by atoms with Gasteiger partial charge in [-0.2, -0.15) is 4.98 Å². The number of aromatic nitrogens is 2. The highest BCUT2D eigenvalue weighted by Gasteiger charge is 2.13. The third kappa shape index (κ3) is 4.71. The molecule has 0 saturated heterocycles. The predicted molar refractivity (Wildman–Crippen MR) is 122 cm³/mol. The number of oxazole rings is 1. The standard InChI is InChI=1S/C22H15ClN4O2S/c23-17-10-9-15(13-16(17)21-27-20-18(29-21)7-4-12-24-20)25-22(30)26-19(28)11-8-14-5-2-1-3-6-14/h1-13H,(H2,25,26,28,30). The first-order valence-electron chi connectivity index (χ1n) is 8.95. The van der Waals surface area contributed by atoms with Crippen LogP contribution in [0.25, 0.3) is 28.8 Å². The number of nitrogens with one attached hydrogen (secondary N) is 2. The first-order chi connectivity index (χ1) is 14.6. The van der Waals surface area contributed by atoms with Gasteiger partial charge in [-0.05, 0) is 54.2 Å². The molecule has 6 nitrogen and oxygen atoms in total. The Bertz CT molecular complexity index is 1220. The van der Waals surface area contributed by atoms with Gasteiger partial charge in [-0.15, -0.1) is 0 Å². The van der Waals surface area contributed by atoms with Gasteiger partial charge in [0.2, 0.25) is 11.8 Å². The molecule has 2 aromatic carbocycles. The average Bonchev–Trinajstić information content (AvgIpc) is 3.18. The van der Waals surface area contributed by atoms with Crippen molar-refractivity contribution in [2.75, 3.05) is 5.32 Å². The van der Waals surface area contributed by atoms with E-state index in [4.69, 9.17) is 28.2 Å². The molecule has 2 N–H and O–H groups in total. The van der Waals surface area contributed by atoms with Crippen LogP contribution in [0.5, 0.6) is 0 Å². The maximum Gasteiger partial charge on any atom is 0.250 e. The van der Waals surface area contributed by atoms with Crippen LogP contribution in [-0.2, 0) is 4.79 Å². The molecule has 0 atom stereocenters. The number of carbonyl (C=O) groups excluding carboxylic acids is 1. The Hall–Kier alpha value is -3.55. The second kappa shape index (κ2) is 8.86. The van der Waals surface area contributed by atoms with E-state index in [1.54, 1.807) is 42.6 Å². The zero-order valence-electron chi connectivity index (χ0n) is 15.5. The number of benzene rings is 2. The Balaban J connectivity index is 1.45. The molecule has 0 aliphatic rings. The number of carbonyl (C=O) groups is 1. The Kier molecular flexibility index (Phi) is 5.83. The molecule has 0 bridgehead atoms. The van der Waals surface area contributed by atoms with Gasteiger partial charge >= 0.3 is 0 Å². The minimum atomic E-state index is -0.337. The van der Waals surface area contributed by atoms with Gasteiger partial charge in [0.25, 0.3) is 0 Å². The summed E-state index contributed by atoms with van der Waals surface area (Å²) in [5.41, 5.74) is 3.19. The molecule has 0 spiro atoms. The summed E-state index contributed by atoms with van der Waals surface area (Å²) in [5.74, 6) is 0.00802. The zero-order chi connectivity index (χ0) is 20.9. The van der Waals surface area contributed by atoms with E-state index in [2.05, 4.69) is 20.6 Å². The van der Waals surface area contributed by atoms with Gasteiger partial charge in [-0.3, -0.25) is 10.1 Å². The molecule has 0 radical (unpaired) electrons. The van der Waals surface area contributed by atoms with Crippen LogP contribution in [-0.4, -0.2) is 21.0 Å². The molecule has 8 heteroatoms. The molecule has 4 rings (SSSR count). The van der Waals surface area contributed by atoms with E-state index in [1.807, 2.05) is 30.3 Å². The Morgan fingerprint density at radius 1 is 1.10 bits per heavy atom. The second-order valence-electron chi connectivity index (χ2n) is 6.23. The average molecular weight is 435 g/mol. The molecule has 0 aliphatic carbocycles. The normalized spacial score (nSPS) is 11.0. The van der Waals surface area contributed by atoms with Gasteiger partial charge in [-0.25, -0.2) is 4.98 Å². The van der Waals surface area contributed by atoms with Crippen molar-refractivity contribution in [3.63, 3.8) is 0 Å². The number of rotatable bonds is 4. The highest BCUT2D eigenvalue weighted by Crippen LogP contribution is 2.31. The second-order valence-corrected chi connectivity index (χ2v) is 7.04. The maximum absolute atomic E-state index is 12.1. The van der Waals surface area contributed by atoms with Crippen LogP contribution in [0.15, 0.2) is 77.4 Å². The molecule has 0 unspecified atom stereocenters. The number of pyridine rings is 1. The summed E-state index contributed by atoms with van der Waals surface area (Å²) in [4.78, 5) is 20.6. The van der Waals surface area contributed by atoms with E-state index in [9.17, 15) is 4.79 Å². The van der Waals surface area contributed by atoms with Crippen molar-refractivity contribution >= 4 is 57.8 Å². The predicted octanol–water partition coefficient (Wildman–Crippen LogP) is 5.07. The summed E-state index contributed by atoms with van der Waals surface area (Å²) in [5, 5.41) is 6.19. The summed E-state index contributed by atoms with van der Waals surface area (Å²) >= 11 is 11.5. The van der Waals surface area contributed by atoms with Gasteiger partial charge in [0, 0.05) is 18.0 Å². The van der Waals surface area contributed by atoms with Crippen molar-refractivity contribution < 1.29 is 9.21 Å². The number of anilines is 1. The molecule has 2 heterocycles. The molecule has 0 saturated carbocycles. The molecular weight excluding hydrogens is 420 g/mol. The van der Waals surface area contributed by atoms with E-state index in [0.717, 1.165) is 5.56 Å². The Morgan fingerprint density at radius 3 is 2.73 bits per heavy atom. The molecule has 0 aliphatic heterocycles. The molecule has 0 fully saturated rings. The Labute approximate surface area is 182 Å². The Morgan fingerprint density at radius 2 is 1.93 bits per heavy atom. The fourth-order valence-electron chi connectivity index (χ4n) is 2.70. The monoisotopic (exact) mass is 434 g/mol. The molecule has 1 amide bonds. The van der Waals surface area contributed by atoms with Gasteiger partial charge in [0.1, 0.15) is 0 Å². The molecule has 4 aromatic rings. The molecule has 2 aromatic heterocycles. The number of halogens is 1. The lowest BCUT2D eigenvalue weighted by atomic mass is 10.2. The minimum Gasteiger partial charge on any atom is -0.434 e. The highest BCUT2D eigenvalue weighted by molar-refractivity contribution is 7.80. The summed E-state index contributed by atoms with van der Waals surface area (Å²) in [6, 6.07) is 18.2. The van der Waals surface area contributed by atoms with E-state index < -0.39 is 0 Å². The number of hydrogen-bond donors (Lipinski definition) is 2. The van der Waals surface area contributed by atoms with Crippen LogP contribution < -0.4 is 10.6 Å². The van der Waals surface area contributed by atoms with Crippen LogP contribution in [0.4, 0.5) is 5.69 Å². The number of thiocarbonyl (C=S) groups is 1. The summed E-state index contributed by atoms with van der Waals surface area (Å²) in [6.07, 6.45) is 4.77. The van der Waals surface area contributed by atoms with Crippen molar-refractivity contribution in [2.45, 2.75) is 0 Å². The van der Waals surface area contributed by atoms with Gasteiger partial charge in [0.05, 0.1) is 10.6 Å². The highest BCUT2D eigenvalue weighted by atomic mass is 35.5. The molecule has 30 heavy (non-hydrogen) atoms. The first kappa shape index (κ1) is 19.8. The van der Waals surface area contributed by atoms with Crippen molar-refractivity contribution in [3.05, 3.63) is 83.5 Å². The quantitative estimate of drug-likeness (QED) is 0.345. The first-order valence-corrected chi connectivity index (χ1v) is 9.74. The summed E-state index contributed by atoms with van der Waals surface area (Å²) in [6.45, 7) is 0. The van der Waals surface area contributed by atoms with E-state index in [-0.39, 0.29) is 11.0 Å². The zero-order valence-corrected chi connectivity index (χ0v) is 17.1. The lowest BCUT2D eigenvalue weighted by molar-refractivity contribution is -0.115. The summed E-state index contributed by atoms with van der Waals surface area (Å²) < 4.78 is 5.74. The largest absolute Gasteiger partial charge is 0.434 e. The van der Waals surface area contributed by atoms with Gasteiger partial charge < -0.3 is 9.73 Å². The lowest BCUT2D eigenvalue weighted by Gasteiger charge is -2.10. The third-order valence-corrected chi connectivity index (χ3v) is 4.62. The van der Waals surface area contributed by atoms with Crippen LogP contribution in [0.2, 0.25) is 5.02 Å². The minimum absolute atomic E-state index is 0.158. The fourth-order valence-corrected chi connectivity index (χ4v) is 3.12. The smallest absolute Gasteiger partial charge is 0.250 e. The third-order valence-electron chi connectivity index (χ3n) is 4.08. The van der Waals surface area contributed by atoms with E-state index >= 15 is 0 Å². The number of fused-ring (bicyclic) bond motifs is 1. The van der Waals surface area contributed by atoms with Gasteiger partial charge in [-0.1, -0.05) is 41.9 Å². The lowest BCUT2D eigenvalue weighted by Crippen LogP contribution is -2.32. The maximum atomic E-state index is 12.1. The topological polar surface area (TPSA) is 80.0 Å². The van der Waals surface area contributed by atoms with Crippen molar-refractivity contribution in [1.82, 2.24) is 15.3 Å². The number of nitrogens with zero attached hydrogens (tertiary/aromatic N) is 2. The van der Waals surface area contributed by atoms with Crippen molar-refractivity contribution in [3.8, 4) is 11.5 Å². The van der Waals surface area contributed by atoms with E-state index in [0.29, 0.717) is 33.4 Å². The van der Waals surface area contributed by atoms with E-state index in [1.165, 1.54) is 6.08 Å². The van der Waals surface area contributed by atoms with Gasteiger partial charge in [0.15, 0.2) is 16.3 Å². The fraction of sp³-hybridized carbons (Fsp3) is 0. The summed E-state index contributed by atoms with van der Waals surface area (Å²) in [7, 11) is 0. The van der Waals surface area contributed by atoms with Crippen molar-refractivity contribution in [2.24, 2.45) is 0 Å². The number of amides is 1. The molecular formula is C22H15ClN4O2S. The van der Waals surface area contributed by atoms with Crippen LogP contribution in [0.1, 0.15) is 5.56 Å². The van der Waals surface area contributed by atoms with Crippen LogP contribution in [0, 0.1) is 0 Å². The number of hydrogen-bond acceptors (Lipinski definition) is 5. The molecule has 148 valence electrons. The SMILES string of the molecule is O=C(C=Cc1ccccc1)NC(=S)Nc1ccc(Cl)c(-c2nc3ncccc3o2)c1. The van der Waals surface area contributed by atoms with Crippen LogP contribution >= 0.6 is 23.8 Å².